The Bertz CT molecular complexity index is 560. The van der Waals surface area contributed by atoms with E-state index in [1.807, 2.05) is 6.92 Å². The molecule has 0 aliphatic carbocycles. The van der Waals surface area contributed by atoms with Gasteiger partial charge in [-0.05, 0) is 19.3 Å². The molecule has 6 heteroatoms. The zero-order valence-corrected chi connectivity index (χ0v) is 12.9. The normalized spacial score (nSPS) is 12.4. The molecule has 6 nitrogen and oxygen atoms in total. The molecule has 1 heterocycles. The van der Waals surface area contributed by atoms with Crippen molar-refractivity contribution in [2.75, 3.05) is 11.1 Å². The first-order chi connectivity index (χ1) is 9.47. The van der Waals surface area contributed by atoms with E-state index in [1.54, 1.807) is 0 Å². The Morgan fingerprint density at radius 3 is 2.35 bits per heavy atom. The zero-order valence-electron chi connectivity index (χ0n) is 12.9. The predicted octanol–water partition coefficient (Wildman–Crippen LogP) is 1.53. The number of anilines is 2. The fourth-order valence-electron chi connectivity index (χ4n) is 2.29. The zero-order chi connectivity index (χ0) is 15.3. The highest BCUT2D eigenvalue weighted by atomic mass is 16.2. The van der Waals surface area contributed by atoms with Crippen LogP contribution in [0.3, 0.4) is 0 Å². The number of nitrogens with zero attached hydrogens (tertiary/aromatic N) is 2. The molecule has 1 aromatic rings. The van der Waals surface area contributed by atoms with E-state index in [-0.39, 0.29) is 23.1 Å². The Kier molecular flexibility index (Phi) is 5.85. The van der Waals surface area contributed by atoms with E-state index in [2.05, 4.69) is 19.2 Å². The van der Waals surface area contributed by atoms with Gasteiger partial charge < -0.3 is 11.1 Å². The molecular weight excluding hydrogens is 256 g/mol. The van der Waals surface area contributed by atoms with Crippen molar-refractivity contribution in [1.29, 1.82) is 0 Å². The van der Waals surface area contributed by atoms with Crippen LogP contribution in [0.5, 0.6) is 0 Å². The molecule has 0 aliphatic heterocycles. The van der Waals surface area contributed by atoms with E-state index in [4.69, 9.17) is 5.73 Å². The van der Waals surface area contributed by atoms with Crippen LogP contribution in [-0.2, 0) is 13.6 Å². The maximum Gasteiger partial charge on any atom is 0.332 e. The number of rotatable bonds is 7. The molecule has 0 radical (unpaired) electrons. The maximum atomic E-state index is 12.2. The van der Waals surface area contributed by atoms with Gasteiger partial charge in [-0.25, -0.2) is 4.79 Å². The van der Waals surface area contributed by atoms with E-state index in [0.717, 1.165) is 30.3 Å². The third-order valence-electron chi connectivity index (χ3n) is 3.51. The molecule has 0 saturated carbocycles. The largest absolute Gasteiger partial charge is 0.383 e. The lowest BCUT2D eigenvalue weighted by atomic mass is 10.1. The molecule has 0 aliphatic rings. The Labute approximate surface area is 119 Å². The van der Waals surface area contributed by atoms with Crippen LogP contribution in [0.2, 0.25) is 0 Å². The lowest BCUT2D eigenvalue weighted by Gasteiger charge is -2.20. The molecule has 1 aromatic heterocycles. The molecule has 3 N–H and O–H groups in total. The summed E-state index contributed by atoms with van der Waals surface area (Å²) in [6, 6.07) is 0.197. The minimum Gasteiger partial charge on any atom is -0.383 e. The van der Waals surface area contributed by atoms with Crippen LogP contribution in [0.15, 0.2) is 9.59 Å². The van der Waals surface area contributed by atoms with Gasteiger partial charge in [0.1, 0.15) is 11.5 Å². The highest BCUT2D eigenvalue weighted by Crippen LogP contribution is 2.15. The van der Waals surface area contributed by atoms with Crippen molar-refractivity contribution < 1.29 is 0 Å². The van der Waals surface area contributed by atoms with E-state index in [1.165, 1.54) is 11.6 Å². The number of hydrogen-bond acceptors (Lipinski definition) is 4. The van der Waals surface area contributed by atoms with Gasteiger partial charge in [0, 0.05) is 19.6 Å². The number of aromatic nitrogens is 2. The monoisotopic (exact) mass is 282 g/mol. The summed E-state index contributed by atoms with van der Waals surface area (Å²) in [5.74, 6) is 0.245. The lowest BCUT2D eigenvalue weighted by Crippen LogP contribution is -2.41. The quantitative estimate of drug-likeness (QED) is 0.794. The Morgan fingerprint density at radius 1 is 1.20 bits per heavy atom. The van der Waals surface area contributed by atoms with Crippen LogP contribution in [0.1, 0.15) is 46.5 Å². The van der Waals surface area contributed by atoms with Gasteiger partial charge in [0.15, 0.2) is 0 Å². The minimum atomic E-state index is -0.358. The number of nitrogen functional groups attached to an aromatic ring is 1. The summed E-state index contributed by atoms with van der Waals surface area (Å²) in [5, 5.41) is 3.21. The molecule has 0 amide bonds. The maximum absolute atomic E-state index is 12.2. The van der Waals surface area contributed by atoms with Crippen molar-refractivity contribution in [2.45, 2.75) is 59.0 Å². The molecule has 1 atom stereocenters. The van der Waals surface area contributed by atoms with Crippen LogP contribution in [0.25, 0.3) is 0 Å². The first kappa shape index (κ1) is 16.3. The molecule has 1 rings (SSSR count). The lowest BCUT2D eigenvalue weighted by molar-refractivity contribution is 0.589. The fourth-order valence-corrected chi connectivity index (χ4v) is 2.29. The third kappa shape index (κ3) is 3.23. The molecule has 20 heavy (non-hydrogen) atoms. The summed E-state index contributed by atoms with van der Waals surface area (Å²) in [7, 11) is 1.49. The van der Waals surface area contributed by atoms with E-state index < -0.39 is 0 Å². The number of hydrogen-bond donors (Lipinski definition) is 2. The van der Waals surface area contributed by atoms with E-state index >= 15 is 0 Å². The second-order valence-electron chi connectivity index (χ2n) is 5.10. The van der Waals surface area contributed by atoms with Gasteiger partial charge in [-0.3, -0.25) is 13.9 Å². The smallest absolute Gasteiger partial charge is 0.332 e. The van der Waals surface area contributed by atoms with Crippen molar-refractivity contribution in [1.82, 2.24) is 9.13 Å². The topological polar surface area (TPSA) is 82.0 Å². The van der Waals surface area contributed by atoms with Gasteiger partial charge in [-0.1, -0.05) is 27.2 Å². The Balaban J connectivity index is 3.32. The SMILES string of the molecule is CCCC(CC)Nc1c(N)n(CCC)c(=O)n(C)c1=O. The molecule has 0 bridgehead atoms. The van der Waals surface area contributed by atoms with Crippen molar-refractivity contribution in [3.8, 4) is 0 Å². The standard InChI is InChI=1S/C14H26N4O2/c1-5-8-10(7-3)16-11-12(15)18(9-6-2)14(20)17(4)13(11)19/h10,16H,5-9,15H2,1-4H3. The van der Waals surface area contributed by atoms with Gasteiger partial charge in [0.05, 0.1) is 0 Å². The van der Waals surface area contributed by atoms with E-state index in [0.29, 0.717) is 12.2 Å². The second-order valence-corrected chi connectivity index (χ2v) is 5.10. The van der Waals surface area contributed by atoms with Crippen LogP contribution in [-0.4, -0.2) is 15.2 Å². The second kappa shape index (κ2) is 7.17. The summed E-state index contributed by atoms with van der Waals surface area (Å²) in [4.78, 5) is 24.3. The average molecular weight is 282 g/mol. The summed E-state index contributed by atoms with van der Waals surface area (Å²) >= 11 is 0. The van der Waals surface area contributed by atoms with Gasteiger partial charge in [0.25, 0.3) is 5.56 Å². The summed E-state index contributed by atoms with van der Waals surface area (Å²) in [5.41, 5.74) is 5.66. The molecule has 0 fully saturated rings. The van der Waals surface area contributed by atoms with Crippen LogP contribution >= 0.6 is 0 Å². The average Bonchev–Trinajstić information content (AvgIpc) is 2.44. The van der Waals surface area contributed by atoms with E-state index in [9.17, 15) is 9.59 Å². The molecule has 0 aromatic carbocycles. The summed E-state index contributed by atoms with van der Waals surface area (Å²) in [6.45, 7) is 6.65. The third-order valence-corrected chi connectivity index (χ3v) is 3.51. The number of nitrogens with one attached hydrogen (secondary N) is 1. The highest BCUT2D eigenvalue weighted by molar-refractivity contribution is 5.61. The molecule has 1 unspecified atom stereocenters. The van der Waals surface area contributed by atoms with Crippen molar-refractivity contribution >= 4 is 11.5 Å². The minimum absolute atomic E-state index is 0.197. The molecule has 114 valence electrons. The Hall–Kier alpha value is -1.72. The first-order valence-corrected chi connectivity index (χ1v) is 7.33. The highest BCUT2D eigenvalue weighted by Gasteiger charge is 2.17. The van der Waals surface area contributed by atoms with Crippen LogP contribution in [0.4, 0.5) is 11.5 Å². The fraction of sp³-hybridized carbons (Fsp3) is 0.714. The van der Waals surface area contributed by atoms with Crippen molar-refractivity contribution in [3.63, 3.8) is 0 Å². The molecule has 0 spiro atoms. The summed E-state index contributed by atoms with van der Waals surface area (Å²) < 4.78 is 2.58. The predicted molar refractivity (Wildman–Crippen MR) is 83.3 cm³/mol. The Morgan fingerprint density at radius 2 is 1.85 bits per heavy atom. The molecular formula is C14H26N4O2. The van der Waals surface area contributed by atoms with Gasteiger partial charge in [-0.2, -0.15) is 0 Å². The van der Waals surface area contributed by atoms with Crippen LogP contribution < -0.4 is 22.3 Å². The van der Waals surface area contributed by atoms with Crippen LogP contribution in [0, 0.1) is 0 Å². The van der Waals surface area contributed by atoms with Crippen molar-refractivity contribution in [3.05, 3.63) is 20.8 Å². The van der Waals surface area contributed by atoms with Gasteiger partial charge >= 0.3 is 5.69 Å². The molecule has 0 saturated heterocycles. The summed E-state index contributed by atoms with van der Waals surface area (Å²) in [6.07, 6.45) is 3.68. The number of nitrogens with two attached hydrogens (primary N) is 1. The van der Waals surface area contributed by atoms with Gasteiger partial charge in [-0.15, -0.1) is 0 Å². The first-order valence-electron chi connectivity index (χ1n) is 7.33. The van der Waals surface area contributed by atoms with Gasteiger partial charge in [0.2, 0.25) is 0 Å². The van der Waals surface area contributed by atoms with Crippen molar-refractivity contribution in [2.24, 2.45) is 7.05 Å².